The first kappa shape index (κ1) is 17.3. The molecule has 0 unspecified atom stereocenters. The SMILES string of the molecule is O=C1C(=Cc2ccc(F)cc2)Oc2cc(OCc3cccc(Cl)c3)ccc21. The Morgan fingerprint density at radius 1 is 1.04 bits per heavy atom. The van der Waals surface area contributed by atoms with Crippen LogP contribution in [0.5, 0.6) is 11.5 Å². The van der Waals surface area contributed by atoms with E-state index in [0.717, 1.165) is 5.56 Å². The number of rotatable bonds is 4. The number of carbonyl (C=O) groups is 1. The molecule has 3 nitrogen and oxygen atoms in total. The minimum atomic E-state index is -0.333. The third kappa shape index (κ3) is 3.86. The smallest absolute Gasteiger partial charge is 0.231 e. The predicted octanol–water partition coefficient (Wildman–Crippen LogP) is 5.67. The minimum Gasteiger partial charge on any atom is -0.489 e. The van der Waals surface area contributed by atoms with Crippen molar-refractivity contribution in [2.45, 2.75) is 6.61 Å². The normalized spacial score (nSPS) is 14.1. The first-order chi connectivity index (χ1) is 13.1. The van der Waals surface area contributed by atoms with Gasteiger partial charge in [-0.2, -0.15) is 0 Å². The molecular weight excluding hydrogens is 367 g/mol. The zero-order chi connectivity index (χ0) is 18.8. The Morgan fingerprint density at radius 2 is 1.85 bits per heavy atom. The lowest BCUT2D eigenvalue weighted by atomic mass is 10.1. The minimum absolute atomic E-state index is 0.198. The first-order valence-corrected chi connectivity index (χ1v) is 8.67. The van der Waals surface area contributed by atoms with E-state index in [1.807, 2.05) is 18.2 Å². The van der Waals surface area contributed by atoms with Crippen LogP contribution < -0.4 is 9.47 Å². The molecule has 27 heavy (non-hydrogen) atoms. The molecule has 3 aromatic rings. The van der Waals surface area contributed by atoms with Gasteiger partial charge >= 0.3 is 0 Å². The van der Waals surface area contributed by atoms with Crippen molar-refractivity contribution in [3.63, 3.8) is 0 Å². The van der Waals surface area contributed by atoms with Crippen molar-refractivity contribution in [3.05, 3.63) is 100 Å². The molecule has 0 saturated heterocycles. The highest BCUT2D eigenvalue weighted by atomic mass is 35.5. The van der Waals surface area contributed by atoms with Gasteiger partial charge in [0, 0.05) is 11.1 Å². The Hall–Kier alpha value is -3.11. The number of hydrogen-bond acceptors (Lipinski definition) is 3. The summed E-state index contributed by atoms with van der Waals surface area (Å²) in [6.07, 6.45) is 1.59. The number of ketones is 1. The van der Waals surface area contributed by atoms with E-state index < -0.39 is 0 Å². The fourth-order valence-electron chi connectivity index (χ4n) is 2.76. The number of carbonyl (C=O) groups excluding carboxylic acids is 1. The molecular formula is C22H14ClFO3. The number of benzene rings is 3. The Bertz CT molecular complexity index is 1040. The molecule has 1 aliphatic rings. The summed E-state index contributed by atoms with van der Waals surface area (Å²) >= 11 is 5.97. The van der Waals surface area contributed by atoms with Crippen molar-refractivity contribution in [1.29, 1.82) is 0 Å². The van der Waals surface area contributed by atoms with Crippen molar-refractivity contribution in [3.8, 4) is 11.5 Å². The molecule has 0 N–H and O–H groups in total. The van der Waals surface area contributed by atoms with Crippen molar-refractivity contribution in [2.24, 2.45) is 0 Å². The van der Waals surface area contributed by atoms with Crippen molar-refractivity contribution >= 4 is 23.5 Å². The molecule has 0 atom stereocenters. The molecule has 1 heterocycles. The van der Waals surface area contributed by atoms with Gasteiger partial charge in [-0.3, -0.25) is 4.79 Å². The maximum Gasteiger partial charge on any atom is 0.231 e. The number of fused-ring (bicyclic) bond motifs is 1. The second-order valence-electron chi connectivity index (χ2n) is 6.07. The predicted molar refractivity (Wildman–Crippen MR) is 102 cm³/mol. The monoisotopic (exact) mass is 380 g/mol. The van der Waals surface area contributed by atoms with Gasteiger partial charge in [0.1, 0.15) is 23.9 Å². The lowest BCUT2D eigenvalue weighted by Crippen LogP contribution is -1.98. The Kier molecular flexibility index (Phi) is 4.65. The standard InChI is InChI=1S/C22H14ClFO3/c23-16-3-1-2-15(10-16)13-26-18-8-9-19-20(12-18)27-21(22(19)25)11-14-4-6-17(24)7-5-14/h1-12H,13H2. The van der Waals surface area contributed by atoms with Gasteiger partial charge in [0.2, 0.25) is 5.78 Å². The summed E-state index contributed by atoms with van der Waals surface area (Å²) in [4.78, 5) is 12.5. The maximum absolute atomic E-state index is 13.0. The number of Topliss-reactive ketones (excluding diaryl/α,β-unsaturated/α-hetero) is 1. The Balaban J connectivity index is 1.51. The fraction of sp³-hybridized carbons (Fsp3) is 0.0455. The molecule has 0 aromatic heterocycles. The average Bonchev–Trinajstić information content (AvgIpc) is 2.97. The van der Waals surface area contributed by atoms with Gasteiger partial charge in [0.25, 0.3) is 0 Å². The first-order valence-electron chi connectivity index (χ1n) is 8.29. The summed E-state index contributed by atoms with van der Waals surface area (Å²) in [5, 5.41) is 0.648. The number of ether oxygens (including phenoxy) is 2. The Labute approximate surface area is 160 Å². The zero-order valence-electron chi connectivity index (χ0n) is 14.1. The van der Waals surface area contributed by atoms with E-state index in [-0.39, 0.29) is 17.4 Å². The molecule has 0 aliphatic carbocycles. The molecule has 0 fully saturated rings. The van der Waals surface area contributed by atoms with Crippen LogP contribution in [0.2, 0.25) is 5.02 Å². The highest BCUT2D eigenvalue weighted by Crippen LogP contribution is 2.35. The van der Waals surface area contributed by atoms with Crippen LogP contribution in [0.3, 0.4) is 0 Å². The summed E-state index contributed by atoms with van der Waals surface area (Å²) < 4.78 is 24.5. The summed E-state index contributed by atoms with van der Waals surface area (Å²) in [7, 11) is 0. The van der Waals surface area contributed by atoms with Crippen LogP contribution >= 0.6 is 11.6 Å². The molecule has 0 spiro atoms. The van der Waals surface area contributed by atoms with Crippen LogP contribution in [0.4, 0.5) is 4.39 Å². The van der Waals surface area contributed by atoms with Gasteiger partial charge in [-0.05, 0) is 53.6 Å². The highest BCUT2D eigenvalue weighted by molar-refractivity contribution is 6.30. The van der Waals surface area contributed by atoms with E-state index in [1.54, 1.807) is 42.5 Å². The fourth-order valence-corrected chi connectivity index (χ4v) is 2.97. The summed E-state index contributed by atoms with van der Waals surface area (Å²) in [6, 6.07) is 18.3. The van der Waals surface area contributed by atoms with Gasteiger partial charge in [-0.25, -0.2) is 4.39 Å². The van der Waals surface area contributed by atoms with E-state index in [1.165, 1.54) is 12.1 Å². The third-order valence-electron chi connectivity index (χ3n) is 4.10. The van der Waals surface area contributed by atoms with Crippen molar-refractivity contribution < 1.29 is 18.7 Å². The summed E-state index contributed by atoms with van der Waals surface area (Å²) in [5.41, 5.74) is 2.10. The molecule has 1 aliphatic heterocycles. The molecule has 0 radical (unpaired) electrons. The highest BCUT2D eigenvalue weighted by Gasteiger charge is 2.27. The number of hydrogen-bond donors (Lipinski definition) is 0. The van der Waals surface area contributed by atoms with Gasteiger partial charge in [-0.1, -0.05) is 35.9 Å². The zero-order valence-corrected chi connectivity index (χ0v) is 14.9. The van der Waals surface area contributed by atoms with Crippen LogP contribution in [0.1, 0.15) is 21.5 Å². The van der Waals surface area contributed by atoms with Crippen molar-refractivity contribution in [2.75, 3.05) is 0 Å². The maximum atomic E-state index is 13.0. The molecule has 134 valence electrons. The van der Waals surface area contributed by atoms with Crippen LogP contribution in [0.25, 0.3) is 6.08 Å². The van der Waals surface area contributed by atoms with E-state index in [0.29, 0.717) is 34.3 Å². The van der Waals surface area contributed by atoms with E-state index in [2.05, 4.69) is 0 Å². The summed E-state index contributed by atoms with van der Waals surface area (Å²) in [5.74, 6) is 0.682. The lowest BCUT2D eigenvalue weighted by molar-refractivity contribution is 0.101. The van der Waals surface area contributed by atoms with Gasteiger partial charge in [0.15, 0.2) is 5.76 Å². The van der Waals surface area contributed by atoms with Crippen LogP contribution in [-0.2, 0) is 6.61 Å². The van der Waals surface area contributed by atoms with Gasteiger partial charge in [0.05, 0.1) is 5.56 Å². The van der Waals surface area contributed by atoms with E-state index in [4.69, 9.17) is 21.1 Å². The van der Waals surface area contributed by atoms with Crippen LogP contribution in [-0.4, -0.2) is 5.78 Å². The largest absolute Gasteiger partial charge is 0.489 e. The second kappa shape index (κ2) is 7.25. The Morgan fingerprint density at radius 3 is 2.63 bits per heavy atom. The van der Waals surface area contributed by atoms with Gasteiger partial charge < -0.3 is 9.47 Å². The molecule has 5 heteroatoms. The third-order valence-corrected chi connectivity index (χ3v) is 4.34. The molecule has 0 amide bonds. The topological polar surface area (TPSA) is 35.5 Å². The molecule has 4 rings (SSSR count). The molecule has 0 bridgehead atoms. The number of allylic oxidation sites excluding steroid dienone is 1. The quantitative estimate of drug-likeness (QED) is 0.547. The number of halogens is 2. The molecule has 0 saturated carbocycles. The van der Waals surface area contributed by atoms with E-state index in [9.17, 15) is 9.18 Å². The van der Waals surface area contributed by atoms with Crippen LogP contribution in [0, 0.1) is 5.82 Å². The summed E-state index contributed by atoms with van der Waals surface area (Å²) in [6.45, 7) is 0.353. The van der Waals surface area contributed by atoms with Gasteiger partial charge in [-0.15, -0.1) is 0 Å². The van der Waals surface area contributed by atoms with Crippen molar-refractivity contribution in [1.82, 2.24) is 0 Å². The van der Waals surface area contributed by atoms with E-state index >= 15 is 0 Å². The molecule has 3 aromatic carbocycles. The average molecular weight is 381 g/mol. The second-order valence-corrected chi connectivity index (χ2v) is 6.50. The van der Waals surface area contributed by atoms with Crippen LogP contribution in [0.15, 0.2) is 72.5 Å². The lowest BCUT2D eigenvalue weighted by Gasteiger charge is -2.07.